The van der Waals surface area contributed by atoms with Gasteiger partial charge in [-0.3, -0.25) is 0 Å². The first-order valence-electron chi connectivity index (χ1n) is 2.97. The summed E-state index contributed by atoms with van der Waals surface area (Å²) in [6.45, 7) is 2.26. The van der Waals surface area contributed by atoms with Crippen molar-refractivity contribution in [3.05, 3.63) is 0 Å². The highest BCUT2D eigenvalue weighted by atomic mass is 127. The number of hydrogen-bond acceptors (Lipinski definition) is 0. The lowest BCUT2D eigenvalue weighted by atomic mass is 10.2. The molecule has 0 amide bonds. The van der Waals surface area contributed by atoms with E-state index < -0.39 is 0 Å². The summed E-state index contributed by atoms with van der Waals surface area (Å²) in [5, 5.41) is 1.16. The van der Waals surface area contributed by atoms with Crippen LogP contribution in [0.4, 0.5) is 0 Å². The summed E-state index contributed by atoms with van der Waals surface area (Å²) in [6.07, 6.45) is 4.06. The summed E-state index contributed by atoms with van der Waals surface area (Å²) in [7, 11) is 0. The molecule has 50 valence electrons. The van der Waals surface area contributed by atoms with Gasteiger partial charge in [-0.15, -0.1) is 0 Å². The first kappa shape index (κ1) is 9.21. The predicted molar refractivity (Wildman–Crippen MR) is 51.1 cm³/mol. The van der Waals surface area contributed by atoms with Crippen LogP contribution in [0.5, 0.6) is 0 Å². The molecule has 0 aliphatic rings. The molecule has 0 nitrogen and oxygen atoms in total. The normalized spacial score (nSPS) is 13.9. The van der Waals surface area contributed by atoms with Gasteiger partial charge in [-0.1, -0.05) is 51.9 Å². The van der Waals surface area contributed by atoms with Gasteiger partial charge in [0.25, 0.3) is 0 Å². The van der Waals surface area contributed by atoms with Gasteiger partial charge in [-0.2, -0.15) is 0 Å². The standard InChI is InChI=1S/C6H12BrI/c1-6(8)4-2-3-5-7/h6H,2-5H2,1H3. The van der Waals surface area contributed by atoms with Gasteiger partial charge in [-0.25, -0.2) is 0 Å². The molecule has 0 bridgehead atoms. The molecule has 0 fully saturated rings. The van der Waals surface area contributed by atoms with E-state index in [9.17, 15) is 0 Å². The highest BCUT2D eigenvalue weighted by Gasteiger charge is 1.92. The van der Waals surface area contributed by atoms with Crippen molar-refractivity contribution in [2.75, 3.05) is 5.33 Å². The van der Waals surface area contributed by atoms with E-state index in [0.29, 0.717) is 0 Å². The summed E-state index contributed by atoms with van der Waals surface area (Å²) >= 11 is 5.86. The lowest BCUT2D eigenvalue weighted by molar-refractivity contribution is 0.733. The van der Waals surface area contributed by atoms with E-state index >= 15 is 0 Å². The van der Waals surface area contributed by atoms with E-state index in [2.05, 4.69) is 45.4 Å². The van der Waals surface area contributed by atoms with E-state index in [1.807, 2.05) is 0 Å². The number of rotatable bonds is 4. The lowest BCUT2D eigenvalue weighted by Gasteiger charge is -1.98. The van der Waals surface area contributed by atoms with Gasteiger partial charge in [0.2, 0.25) is 0 Å². The maximum Gasteiger partial charge on any atom is 0.00813 e. The van der Waals surface area contributed by atoms with Crippen molar-refractivity contribution in [1.82, 2.24) is 0 Å². The predicted octanol–water partition coefficient (Wildman–Crippen LogP) is 3.38. The molecule has 0 aromatic heterocycles. The summed E-state index contributed by atoms with van der Waals surface area (Å²) in [5.41, 5.74) is 0. The third kappa shape index (κ3) is 7.21. The Kier molecular flexibility index (Phi) is 7.29. The fourth-order valence-corrected chi connectivity index (χ4v) is 1.36. The molecule has 1 atom stereocenters. The summed E-state index contributed by atoms with van der Waals surface area (Å²) < 4.78 is 0.853. The van der Waals surface area contributed by atoms with E-state index in [4.69, 9.17) is 0 Å². The Labute approximate surface area is 73.7 Å². The van der Waals surface area contributed by atoms with E-state index in [0.717, 1.165) is 9.25 Å². The monoisotopic (exact) mass is 290 g/mol. The molecule has 0 aliphatic heterocycles. The average molecular weight is 291 g/mol. The maximum absolute atomic E-state index is 3.40. The third-order valence-electron chi connectivity index (χ3n) is 0.986. The molecular weight excluding hydrogens is 279 g/mol. The molecule has 0 aromatic rings. The average Bonchev–Trinajstić information content (AvgIpc) is 1.66. The molecule has 0 rings (SSSR count). The molecular formula is C6H12BrI. The Morgan fingerprint density at radius 2 is 2.12 bits per heavy atom. The quantitative estimate of drug-likeness (QED) is 0.423. The van der Waals surface area contributed by atoms with Crippen LogP contribution in [0.3, 0.4) is 0 Å². The van der Waals surface area contributed by atoms with Gasteiger partial charge < -0.3 is 0 Å². The molecule has 0 spiro atoms. The van der Waals surface area contributed by atoms with Crippen LogP contribution in [0.15, 0.2) is 0 Å². The molecule has 0 saturated heterocycles. The van der Waals surface area contributed by atoms with Gasteiger partial charge >= 0.3 is 0 Å². The van der Waals surface area contributed by atoms with Crippen molar-refractivity contribution in [1.29, 1.82) is 0 Å². The van der Waals surface area contributed by atoms with Crippen LogP contribution in [-0.4, -0.2) is 9.25 Å². The van der Waals surface area contributed by atoms with Gasteiger partial charge in [0.15, 0.2) is 0 Å². The smallest absolute Gasteiger partial charge is 0.00813 e. The van der Waals surface area contributed by atoms with Crippen LogP contribution in [0, 0.1) is 0 Å². The van der Waals surface area contributed by atoms with Crippen molar-refractivity contribution in [3.63, 3.8) is 0 Å². The molecule has 1 unspecified atom stereocenters. The first-order valence-corrected chi connectivity index (χ1v) is 5.34. The van der Waals surface area contributed by atoms with Gasteiger partial charge in [0.1, 0.15) is 0 Å². The molecule has 8 heavy (non-hydrogen) atoms. The van der Waals surface area contributed by atoms with Crippen molar-refractivity contribution in [2.24, 2.45) is 0 Å². The Hall–Kier alpha value is 1.21. The zero-order valence-corrected chi connectivity index (χ0v) is 8.91. The van der Waals surface area contributed by atoms with Crippen LogP contribution < -0.4 is 0 Å². The SMILES string of the molecule is CC(I)CCCCBr. The Balaban J connectivity index is 2.72. The van der Waals surface area contributed by atoms with E-state index in [1.165, 1.54) is 19.3 Å². The summed E-state index contributed by atoms with van der Waals surface area (Å²) in [5.74, 6) is 0. The van der Waals surface area contributed by atoms with Crippen LogP contribution in [0.25, 0.3) is 0 Å². The van der Waals surface area contributed by atoms with Crippen LogP contribution in [0.2, 0.25) is 0 Å². The van der Waals surface area contributed by atoms with Crippen molar-refractivity contribution >= 4 is 38.5 Å². The fourth-order valence-electron chi connectivity index (χ4n) is 0.520. The minimum atomic E-state index is 0.853. The second-order valence-corrected chi connectivity index (χ2v) is 4.88. The van der Waals surface area contributed by atoms with Crippen LogP contribution in [0.1, 0.15) is 26.2 Å². The van der Waals surface area contributed by atoms with Crippen LogP contribution in [-0.2, 0) is 0 Å². The van der Waals surface area contributed by atoms with Crippen molar-refractivity contribution in [2.45, 2.75) is 30.1 Å². The summed E-state index contributed by atoms with van der Waals surface area (Å²) in [6, 6.07) is 0. The van der Waals surface area contributed by atoms with E-state index in [-0.39, 0.29) is 0 Å². The Morgan fingerprint density at radius 1 is 1.50 bits per heavy atom. The highest BCUT2D eigenvalue weighted by Crippen LogP contribution is 2.09. The van der Waals surface area contributed by atoms with E-state index in [1.54, 1.807) is 0 Å². The zero-order valence-electron chi connectivity index (χ0n) is 5.16. The number of alkyl halides is 2. The minimum Gasteiger partial charge on any atom is -0.0928 e. The number of hydrogen-bond donors (Lipinski definition) is 0. The lowest BCUT2D eigenvalue weighted by Crippen LogP contribution is -1.88. The second kappa shape index (κ2) is 6.33. The maximum atomic E-state index is 3.40. The minimum absolute atomic E-state index is 0.853. The first-order chi connectivity index (χ1) is 3.77. The van der Waals surface area contributed by atoms with Gasteiger partial charge in [0, 0.05) is 9.25 Å². The Bertz CT molecular complexity index is 45.8. The third-order valence-corrected chi connectivity index (χ3v) is 2.17. The molecule has 0 aliphatic carbocycles. The van der Waals surface area contributed by atoms with Crippen molar-refractivity contribution < 1.29 is 0 Å². The Morgan fingerprint density at radius 3 is 2.50 bits per heavy atom. The number of halogens is 2. The molecule has 0 heterocycles. The second-order valence-electron chi connectivity index (χ2n) is 1.97. The zero-order chi connectivity index (χ0) is 6.41. The summed E-state index contributed by atoms with van der Waals surface area (Å²) in [4.78, 5) is 0. The molecule has 2 heteroatoms. The molecule has 0 radical (unpaired) electrons. The highest BCUT2D eigenvalue weighted by molar-refractivity contribution is 14.1. The molecule has 0 saturated carbocycles. The number of unbranched alkanes of at least 4 members (excludes halogenated alkanes) is 1. The molecule has 0 aromatic carbocycles. The molecule has 0 N–H and O–H groups in total. The van der Waals surface area contributed by atoms with Crippen LogP contribution >= 0.6 is 38.5 Å². The largest absolute Gasteiger partial charge is 0.0928 e. The van der Waals surface area contributed by atoms with Crippen molar-refractivity contribution in [3.8, 4) is 0 Å². The fraction of sp³-hybridized carbons (Fsp3) is 1.00. The topological polar surface area (TPSA) is 0 Å². The van der Waals surface area contributed by atoms with Gasteiger partial charge in [-0.05, 0) is 12.8 Å². The van der Waals surface area contributed by atoms with Gasteiger partial charge in [0.05, 0.1) is 0 Å².